The van der Waals surface area contributed by atoms with Gasteiger partial charge in [-0.25, -0.2) is 0 Å². The van der Waals surface area contributed by atoms with Gasteiger partial charge in [0.2, 0.25) is 0 Å². The number of rotatable bonds is 14. The second-order valence-corrected chi connectivity index (χ2v) is 13.9. The van der Waals surface area contributed by atoms with Gasteiger partial charge in [0.1, 0.15) is 0 Å². The van der Waals surface area contributed by atoms with Gasteiger partial charge in [-0.2, -0.15) is 0 Å². The molecule has 1 aromatic rings. The van der Waals surface area contributed by atoms with Crippen LogP contribution in [0.25, 0.3) is 0 Å². The van der Waals surface area contributed by atoms with Gasteiger partial charge in [0, 0.05) is 17.3 Å². The van der Waals surface area contributed by atoms with Crippen LogP contribution in [0.1, 0.15) is 54.0 Å². The van der Waals surface area contributed by atoms with Crippen LogP contribution < -0.4 is 0 Å². The van der Waals surface area contributed by atoms with Gasteiger partial charge in [-0.15, -0.1) is 6.58 Å². The van der Waals surface area contributed by atoms with Crippen LogP contribution in [0, 0.1) is 17.3 Å². The molecule has 1 rings (SSSR count). The fourth-order valence-corrected chi connectivity index (χ4v) is 7.21. The fraction of sp³-hybridized carbons (Fsp3) is 0.680. The minimum absolute atomic E-state index is 0.00477. The summed E-state index contributed by atoms with van der Waals surface area (Å²) in [5, 5.41) is 11.0. The number of ether oxygens (including phenoxy) is 1. The third-order valence-electron chi connectivity index (χ3n) is 6.59. The zero-order valence-electron chi connectivity index (χ0n) is 19.8. The molecule has 0 unspecified atom stereocenters. The number of hydrogen-bond donors (Lipinski definition) is 1. The largest absolute Gasteiger partial charge is 0.413 e. The minimum atomic E-state index is -1.84. The Morgan fingerprint density at radius 1 is 1.07 bits per heavy atom. The lowest BCUT2D eigenvalue weighted by Crippen LogP contribution is -2.52. The molecule has 0 aliphatic rings. The van der Waals surface area contributed by atoms with E-state index in [1.165, 1.54) is 5.56 Å². The third-order valence-corrected chi connectivity index (χ3v) is 11.2. The molecule has 3 nitrogen and oxygen atoms in total. The lowest BCUT2D eigenvalue weighted by molar-refractivity contribution is -0.0776. The second kappa shape index (κ2) is 12.0. The predicted molar refractivity (Wildman–Crippen MR) is 126 cm³/mol. The van der Waals surface area contributed by atoms with Crippen LogP contribution in [0.15, 0.2) is 43.0 Å². The van der Waals surface area contributed by atoms with E-state index >= 15 is 0 Å². The molecule has 0 bridgehead atoms. The molecule has 0 aliphatic heterocycles. The highest BCUT2D eigenvalue weighted by atomic mass is 28.4. The maximum atomic E-state index is 11.0. The van der Waals surface area contributed by atoms with Gasteiger partial charge in [-0.05, 0) is 23.7 Å². The van der Waals surface area contributed by atoms with E-state index in [1.807, 2.05) is 31.2 Å². The first kappa shape index (κ1) is 26.1. The molecule has 0 aliphatic carbocycles. The van der Waals surface area contributed by atoms with Crippen LogP contribution in [0.5, 0.6) is 0 Å². The number of aliphatic hydroxyl groups is 1. The van der Waals surface area contributed by atoms with Crippen molar-refractivity contribution < 1.29 is 14.3 Å². The first-order chi connectivity index (χ1) is 13.7. The highest BCUT2D eigenvalue weighted by Gasteiger charge is 2.43. The Bertz CT molecular complexity index is 575. The first-order valence-corrected chi connectivity index (χ1v) is 13.8. The van der Waals surface area contributed by atoms with E-state index in [0.29, 0.717) is 13.2 Å². The molecule has 0 aromatic heterocycles. The van der Waals surface area contributed by atoms with E-state index in [0.717, 1.165) is 18.1 Å². The summed E-state index contributed by atoms with van der Waals surface area (Å²) in [4.78, 5) is 0. The normalized spacial score (nSPS) is 16.8. The van der Waals surface area contributed by atoms with Crippen molar-refractivity contribution in [3.8, 4) is 0 Å². The minimum Gasteiger partial charge on any atom is -0.413 e. The Labute approximate surface area is 180 Å². The summed E-state index contributed by atoms with van der Waals surface area (Å²) in [6.45, 7) is 20.4. The molecule has 29 heavy (non-hydrogen) atoms. The smallest absolute Gasteiger partial charge is 0.192 e. The highest BCUT2D eigenvalue weighted by molar-refractivity contribution is 6.73. The Balaban J connectivity index is 3.03. The monoisotopic (exact) mass is 420 g/mol. The Hall–Kier alpha value is -0.943. The molecular formula is C25H44O3Si. The summed E-state index contributed by atoms with van der Waals surface area (Å²) in [6, 6.07) is 13.5. The van der Waals surface area contributed by atoms with E-state index in [1.54, 1.807) is 0 Å². The Morgan fingerprint density at radius 2 is 1.62 bits per heavy atom. The summed E-state index contributed by atoms with van der Waals surface area (Å²) in [5.41, 5.74) is 0.960. The molecule has 0 amide bonds. The SMILES string of the molecule is C=C[C@H](C)[C@H](O)[C@@H](C)[C@@H](O[Si](CC)(CC)CC)C(C)(C)COCc1ccccc1. The van der Waals surface area contributed by atoms with Gasteiger partial charge in [0.05, 0.1) is 25.4 Å². The molecule has 0 spiro atoms. The van der Waals surface area contributed by atoms with E-state index in [2.05, 4.69) is 60.3 Å². The van der Waals surface area contributed by atoms with Crippen molar-refractivity contribution in [1.82, 2.24) is 0 Å². The summed E-state index contributed by atoms with van der Waals surface area (Å²) in [6.07, 6.45) is 1.28. The molecule has 4 heteroatoms. The van der Waals surface area contributed by atoms with Gasteiger partial charge in [0.15, 0.2) is 8.32 Å². The molecule has 0 fully saturated rings. The molecule has 1 N–H and O–H groups in total. The number of hydrogen-bond acceptors (Lipinski definition) is 3. The average molecular weight is 421 g/mol. The van der Waals surface area contributed by atoms with E-state index in [-0.39, 0.29) is 23.4 Å². The van der Waals surface area contributed by atoms with Crippen molar-refractivity contribution in [2.45, 2.75) is 85.4 Å². The molecular weight excluding hydrogens is 376 g/mol. The molecule has 1 aromatic carbocycles. The average Bonchev–Trinajstić information content (AvgIpc) is 2.74. The molecule has 166 valence electrons. The summed E-state index contributed by atoms with van der Waals surface area (Å²) < 4.78 is 13.1. The zero-order valence-corrected chi connectivity index (χ0v) is 20.8. The van der Waals surface area contributed by atoms with Crippen LogP contribution >= 0.6 is 0 Å². The van der Waals surface area contributed by atoms with Gasteiger partial charge in [0.25, 0.3) is 0 Å². The highest BCUT2D eigenvalue weighted by Crippen LogP contribution is 2.37. The zero-order chi connectivity index (χ0) is 22.1. The quantitative estimate of drug-likeness (QED) is 0.278. The molecule has 0 saturated heterocycles. The lowest BCUT2D eigenvalue weighted by atomic mass is 9.76. The third kappa shape index (κ3) is 7.36. The van der Waals surface area contributed by atoms with Gasteiger partial charge < -0.3 is 14.3 Å². The maximum Gasteiger partial charge on any atom is 0.192 e. The van der Waals surface area contributed by atoms with Crippen LogP contribution in [0.2, 0.25) is 18.1 Å². The fourth-order valence-electron chi connectivity index (χ4n) is 4.13. The maximum absolute atomic E-state index is 11.0. The summed E-state index contributed by atoms with van der Waals surface area (Å²) >= 11 is 0. The topological polar surface area (TPSA) is 38.7 Å². The molecule has 0 heterocycles. The van der Waals surface area contributed by atoms with Crippen LogP contribution in [0.4, 0.5) is 0 Å². The molecule has 0 saturated carbocycles. The van der Waals surface area contributed by atoms with Gasteiger partial charge >= 0.3 is 0 Å². The van der Waals surface area contributed by atoms with Crippen molar-refractivity contribution in [3.63, 3.8) is 0 Å². The van der Waals surface area contributed by atoms with Crippen molar-refractivity contribution in [2.75, 3.05) is 6.61 Å². The van der Waals surface area contributed by atoms with Crippen molar-refractivity contribution in [3.05, 3.63) is 48.6 Å². The number of aliphatic hydroxyl groups excluding tert-OH is 1. The summed E-state index contributed by atoms with van der Waals surface area (Å²) in [5.74, 6) is 0.0212. The van der Waals surface area contributed by atoms with Gasteiger partial charge in [-0.1, -0.05) is 84.9 Å². The van der Waals surface area contributed by atoms with Crippen molar-refractivity contribution in [2.24, 2.45) is 17.3 Å². The Morgan fingerprint density at radius 3 is 2.10 bits per heavy atom. The number of benzene rings is 1. The Kier molecular flexibility index (Phi) is 10.8. The van der Waals surface area contributed by atoms with E-state index < -0.39 is 14.4 Å². The predicted octanol–water partition coefficient (Wildman–Crippen LogP) is 6.44. The molecule has 4 atom stereocenters. The van der Waals surface area contributed by atoms with Crippen LogP contribution in [-0.2, 0) is 15.8 Å². The molecule has 0 radical (unpaired) electrons. The van der Waals surface area contributed by atoms with E-state index in [9.17, 15) is 5.11 Å². The van der Waals surface area contributed by atoms with Crippen LogP contribution in [0.3, 0.4) is 0 Å². The summed E-state index contributed by atoms with van der Waals surface area (Å²) in [7, 11) is -1.84. The standard InChI is InChI=1S/C25H44O3Si/c1-9-20(5)23(26)21(6)24(28-29(10-2,11-3)12-4)25(7,8)19-27-18-22-16-14-13-15-17-22/h9,13-17,20-21,23-24,26H,1,10-12,18-19H2,2-8H3/t20-,21+,23-,24+/m0/s1. The lowest BCUT2D eigenvalue weighted by Gasteiger charge is -2.45. The van der Waals surface area contributed by atoms with Crippen LogP contribution in [-0.4, -0.2) is 32.2 Å². The van der Waals surface area contributed by atoms with Gasteiger partial charge in [-0.3, -0.25) is 0 Å². The van der Waals surface area contributed by atoms with E-state index in [4.69, 9.17) is 9.16 Å². The second-order valence-electron chi connectivity index (χ2n) is 9.19. The van der Waals surface area contributed by atoms with Crippen molar-refractivity contribution >= 4 is 8.32 Å². The van der Waals surface area contributed by atoms with Crippen molar-refractivity contribution in [1.29, 1.82) is 0 Å². The first-order valence-electron chi connectivity index (χ1n) is 11.3.